The van der Waals surface area contributed by atoms with Crippen molar-refractivity contribution in [3.8, 4) is 0 Å². The van der Waals surface area contributed by atoms with Crippen LogP contribution in [0.3, 0.4) is 0 Å². The molecule has 0 amide bonds. The number of benzene rings is 1. The molecule has 2 unspecified atom stereocenters. The van der Waals surface area contributed by atoms with E-state index < -0.39 is 35.0 Å². The third-order valence-electron chi connectivity index (χ3n) is 3.69. The van der Waals surface area contributed by atoms with Crippen molar-refractivity contribution >= 4 is 11.6 Å². The molecule has 1 aromatic carbocycles. The van der Waals surface area contributed by atoms with Crippen LogP contribution in [0, 0.1) is 0 Å². The third-order valence-corrected chi connectivity index (χ3v) is 3.69. The Kier molecular flexibility index (Phi) is 4.34. The van der Waals surface area contributed by atoms with Crippen molar-refractivity contribution in [1.82, 2.24) is 0 Å². The van der Waals surface area contributed by atoms with Gasteiger partial charge in [0, 0.05) is 26.2 Å². The number of aliphatic hydroxyl groups is 1. The molecule has 0 aromatic heterocycles. The first-order valence-corrected chi connectivity index (χ1v) is 6.85. The average molecular weight is 328 g/mol. The third kappa shape index (κ3) is 3.61. The Balaban J connectivity index is 2.39. The van der Waals surface area contributed by atoms with Gasteiger partial charge in [0.15, 0.2) is 11.5 Å². The Morgan fingerprint density at radius 3 is 2.22 bits per heavy atom. The number of hydrogen-bond acceptors (Lipinski definition) is 4. The van der Waals surface area contributed by atoms with E-state index in [0.717, 1.165) is 19.1 Å². The van der Waals surface area contributed by atoms with E-state index in [1.165, 1.54) is 25.1 Å². The topological polar surface area (TPSA) is 63.6 Å². The van der Waals surface area contributed by atoms with Gasteiger partial charge in [-0.25, -0.2) is 0 Å². The largest absolute Gasteiger partial charge is 0.452 e. The van der Waals surface area contributed by atoms with E-state index in [9.17, 15) is 27.9 Å². The van der Waals surface area contributed by atoms with Crippen molar-refractivity contribution < 1.29 is 32.6 Å². The highest BCUT2D eigenvalue weighted by atomic mass is 19.4. The predicted octanol–water partition coefficient (Wildman–Crippen LogP) is 2.96. The van der Waals surface area contributed by atoms with Crippen LogP contribution < -0.4 is 0 Å². The van der Waals surface area contributed by atoms with E-state index >= 15 is 0 Å². The van der Waals surface area contributed by atoms with Gasteiger partial charge in [0.2, 0.25) is 5.78 Å². The summed E-state index contributed by atoms with van der Waals surface area (Å²) in [6.07, 6.45) is -3.22. The predicted molar refractivity (Wildman–Crippen MR) is 74.3 cm³/mol. The van der Waals surface area contributed by atoms with E-state index in [0.29, 0.717) is 5.56 Å². The fourth-order valence-electron chi connectivity index (χ4n) is 2.34. The van der Waals surface area contributed by atoms with Crippen molar-refractivity contribution in [2.75, 3.05) is 0 Å². The smallest absolute Gasteiger partial charge is 0.416 e. The van der Waals surface area contributed by atoms with E-state index in [4.69, 9.17) is 4.74 Å². The Morgan fingerprint density at radius 1 is 1.22 bits per heavy atom. The maximum absolute atomic E-state index is 12.6. The van der Waals surface area contributed by atoms with Crippen molar-refractivity contribution in [2.45, 2.75) is 38.1 Å². The molecule has 23 heavy (non-hydrogen) atoms. The van der Waals surface area contributed by atoms with Gasteiger partial charge >= 0.3 is 6.18 Å². The number of hydrogen-bond donors (Lipinski definition) is 1. The summed E-state index contributed by atoms with van der Waals surface area (Å²) >= 11 is 0. The number of halogens is 3. The summed E-state index contributed by atoms with van der Waals surface area (Å²) in [5.74, 6) is -4.12. The fraction of sp³-hybridized carbons (Fsp3) is 0.375. The van der Waals surface area contributed by atoms with Crippen LogP contribution in [0.25, 0.3) is 0 Å². The van der Waals surface area contributed by atoms with Gasteiger partial charge < -0.3 is 9.84 Å². The van der Waals surface area contributed by atoms with Gasteiger partial charge in [-0.3, -0.25) is 9.59 Å². The summed E-state index contributed by atoms with van der Waals surface area (Å²) in [4.78, 5) is 23.1. The number of ether oxygens (including phenoxy) is 1. The van der Waals surface area contributed by atoms with Crippen LogP contribution in [0.4, 0.5) is 13.2 Å². The van der Waals surface area contributed by atoms with Crippen LogP contribution >= 0.6 is 0 Å². The van der Waals surface area contributed by atoms with E-state index in [-0.39, 0.29) is 12.2 Å². The molecular weight excluding hydrogens is 313 g/mol. The number of carbonyl (C=O) groups is 2. The maximum Gasteiger partial charge on any atom is 0.416 e. The quantitative estimate of drug-likeness (QED) is 0.926. The first-order valence-electron chi connectivity index (χ1n) is 6.85. The minimum absolute atomic E-state index is 0.176. The van der Waals surface area contributed by atoms with Gasteiger partial charge in [-0.05, 0) is 23.8 Å². The summed E-state index contributed by atoms with van der Waals surface area (Å²) < 4.78 is 42.9. The van der Waals surface area contributed by atoms with Gasteiger partial charge in [0.1, 0.15) is 0 Å². The molecular formula is C16H15F3O4. The van der Waals surface area contributed by atoms with Gasteiger partial charge in [-0.2, -0.15) is 13.2 Å². The summed E-state index contributed by atoms with van der Waals surface area (Å²) in [5.41, 5.74) is -0.356. The summed E-state index contributed by atoms with van der Waals surface area (Å²) in [6, 6.07) is 4.35. The fourth-order valence-corrected chi connectivity index (χ4v) is 2.34. The highest BCUT2D eigenvalue weighted by Crippen LogP contribution is 2.37. The molecule has 1 aliphatic heterocycles. The number of rotatable bonds is 3. The second-order valence-corrected chi connectivity index (χ2v) is 5.46. The van der Waals surface area contributed by atoms with Crippen LogP contribution in [0.5, 0.6) is 0 Å². The van der Waals surface area contributed by atoms with Gasteiger partial charge in [-0.1, -0.05) is 12.1 Å². The van der Waals surface area contributed by atoms with Crippen LogP contribution in [0.15, 0.2) is 36.1 Å². The molecule has 2 atom stereocenters. The monoisotopic (exact) mass is 328 g/mol. The van der Waals surface area contributed by atoms with Gasteiger partial charge in [-0.15, -0.1) is 0 Å². The second kappa shape index (κ2) is 5.81. The van der Waals surface area contributed by atoms with Gasteiger partial charge in [0.05, 0.1) is 5.56 Å². The van der Waals surface area contributed by atoms with Crippen LogP contribution in [0.1, 0.15) is 37.3 Å². The molecule has 1 N–H and O–H groups in total. The zero-order valence-corrected chi connectivity index (χ0v) is 12.5. The molecule has 124 valence electrons. The zero-order valence-electron chi connectivity index (χ0n) is 12.5. The van der Waals surface area contributed by atoms with Crippen molar-refractivity contribution in [3.63, 3.8) is 0 Å². The Bertz CT molecular complexity index is 661. The summed E-state index contributed by atoms with van der Waals surface area (Å²) in [7, 11) is 0. The molecule has 0 fully saturated rings. The molecule has 0 saturated carbocycles. The summed E-state index contributed by atoms with van der Waals surface area (Å²) in [5, 5.41) is 10.2. The molecule has 2 rings (SSSR count). The lowest BCUT2D eigenvalue weighted by atomic mass is 9.86. The Hall–Kier alpha value is -2.15. The lowest BCUT2D eigenvalue weighted by Crippen LogP contribution is -2.44. The minimum Gasteiger partial charge on any atom is -0.452 e. The lowest BCUT2D eigenvalue weighted by Gasteiger charge is -2.34. The van der Waals surface area contributed by atoms with Crippen LogP contribution in [0.2, 0.25) is 0 Å². The van der Waals surface area contributed by atoms with Gasteiger partial charge in [0.25, 0.3) is 5.79 Å². The number of ketones is 2. The molecule has 1 heterocycles. The van der Waals surface area contributed by atoms with Crippen LogP contribution in [-0.4, -0.2) is 22.5 Å². The van der Waals surface area contributed by atoms with E-state index in [1.54, 1.807) is 0 Å². The highest BCUT2D eigenvalue weighted by Gasteiger charge is 2.42. The second-order valence-electron chi connectivity index (χ2n) is 5.46. The zero-order chi connectivity index (χ0) is 17.4. The van der Waals surface area contributed by atoms with Crippen molar-refractivity contribution in [2.24, 2.45) is 0 Å². The van der Waals surface area contributed by atoms with E-state index in [2.05, 4.69) is 0 Å². The first kappa shape index (κ1) is 17.2. The SMILES string of the molecule is CC(=O)C1=CC(c2ccc(C(F)(F)F)cc2)CC(O)(C(C)=O)O1. The van der Waals surface area contributed by atoms with Crippen molar-refractivity contribution in [1.29, 1.82) is 0 Å². The number of allylic oxidation sites excluding steroid dienone is 2. The molecule has 1 aliphatic rings. The first-order chi connectivity index (χ1) is 10.5. The Labute approximate surface area is 130 Å². The number of carbonyl (C=O) groups excluding carboxylic acids is 2. The Morgan fingerprint density at radius 2 is 1.78 bits per heavy atom. The molecule has 1 aromatic rings. The molecule has 0 aliphatic carbocycles. The standard InChI is InChI=1S/C16H15F3O4/c1-9(20)14-7-12(8-15(22,23-14)10(2)21)11-3-5-13(6-4-11)16(17,18)19/h3-7,12,22H,8H2,1-2H3. The number of Topliss-reactive ketones (excluding diaryl/α,β-unsaturated/α-hetero) is 2. The van der Waals surface area contributed by atoms with Crippen molar-refractivity contribution in [3.05, 3.63) is 47.2 Å². The molecule has 0 bridgehead atoms. The lowest BCUT2D eigenvalue weighted by molar-refractivity contribution is -0.196. The molecule has 4 nitrogen and oxygen atoms in total. The molecule has 0 radical (unpaired) electrons. The minimum atomic E-state index is -4.45. The highest BCUT2D eigenvalue weighted by molar-refractivity contribution is 5.93. The number of alkyl halides is 3. The molecule has 7 heteroatoms. The summed E-state index contributed by atoms with van der Waals surface area (Å²) in [6.45, 7) is 2.33. The molecule has 0 spiro atoms. The van der Waals surface area contributed by atoms with E-state index in [1.807, 2.05) is 0 Å². The normalized spacial score (nSPS) is 24.6. The molecule has 0 saturated heterocycles. The maximum atomic E-state index is 12.6. The van der Waals surface area contributed by atoms with Crippen LogP contribution in [-0.2, 0) is 20.5 Å². The average Bonchev–Trinajstić information content (AvgIpc) is 2.45.